The molecule has 4 nitrogen and oxygen atoms in total. The SMILES string of the molecule is Cc1cccc(NC(=O)CNC(=O)[C@@H]2C[C@H]3CC[C@H]2C3)c1C. The third kappa shape index (κ3) is 3.01. The van der Waals surface area contributed by atoms with Crippen molar-refractivity contribution < 1.29 is 9.59 Å². The summed E-state index contributed by atoms with van der Waals surface area (Å²) in [4.78, 5) is 24.3. The fourth-order valence-electron chi connectivity index (χ4n) is 3.95. The Labute approximate surface area is 131 Å². The number of anilines is 1. The summed E-state index contributed by atoms with van der Waals surface area (Å²) in [6, 6.07) is 5.83. The minimum absolute atomic E-state index is 0.0557. The highest BCUT2D eigenvalue weighted by Gasteiger charge is 2.42. The van der Waals surface area contributed by atoms with Gasteiger partial charge >= 0.3 is 0 Å². The van der Waals surface area contributed by atoms with E-state index in [1.54, 1.807) is 0 Å². The van der Waals surface area contributed by atoms with Crippen LogP contribution >= 0.6 is 0 Å². The average Bonchev–Trinajstić information content (AvgIpc) is 3.12. The number of benzene rings is 1. The fourth-order valence-corrected chi connectivity index (χ4v) is 3.95. The number of hydrogen-bond acceptors (Lipinski definition) is 2. The van der Waals surface area contributed by atoms with Gasteiger partial charge in [0, 0.05) is 11.6 Å². The van der Waals surface area contributed by atoms with E-state index in [1.165, 1.54) is 19.3 Å². The first kappa shape index (κ1) is 15.1. The molecule has 2 bridgehead atoms. The molecule has 0 aliphatic heterocycles. The number of aryl methyl sites for hydroxylation is 1. The van der Waals surface area contributed by atoms with Gasteiger partial charge in [-0.1, -0.05) is 18.6 Å². The lowest BCUT2D eigenvalue weighted by atomic mass is 9.88. The van der Waals surface area contributed by atoms with Crippen molar-refractivity contribution >= 4 is 17.5 Å². The Balaban J connectivity index is 1.50. The van der Waals surface area contributed by atoms with Gasteiger partial charge in [-0.25, -0.2) is 0 Å². The molecular formula is C18H24N2O2. The third-order valence-corrected chi connectivity index (χ3v) is 5.38. The molecule has 2 aliphatic carbocycles. The molecule has 118 valence electrons. The second-order valence-corrected chi connectivity index (χ2v) is 6.79. The van der Waals surface area contributed by atoms with E-state index in [2.05, 4.69) is 10.6 Å². The highest BCUT2D eigenvalue weighted by molar-refractivity contribution is 5.95. The van der Waals surface area contributed by atoms with E-state index in [1.807, 2.05) is 32.0 Å². The largest absolute Gasteiger partial charge is 0.347 e. The molecule has 0 saturated heterocycles. The minimum Gasteiger partial charge on any atom is -0.347 e. The van der Waals surface area contributed by atoms with Crippen LogP contribution in [0, 0.1) is 31.6 Å². The smallest absolute Gasteiger partial charge is 0.243 e. The van der Waals surface area contributed by atoms with Gasteiger partial charge in [0.05, 0.1) is 6.54 Å². The molecule has 2 amide bonds. The van der Waals surface area contributed by atoms with Crippen molar-refractivity contribution in [3.05, 3.63) is 29.3 Å². The van der Waals surface area contributed by atoms with Crippen LogP contribution in [-0.2, 0) is 9.59 Å². The van der Waals surface area contributed by atoms with E-state index < -0.39 is 0 Å². The second-order valence-electron chi connectivity index (χ2n) is 6.79. The van der Waals surface area contributed by atoms with Crippen molar-refractivity contribution in [3.63, 3.8) is 0 Å². The van der Waals surface area contributed by atoms with Gasteiger partial charge in [-0.2, -0.15) is 0 Å². The number of fused-ring (bicyclic) bond motifs is 2. The molecule has 1 aromatic carbocycles. The lowest BCUT2D eigenvalue weighted by Crippen LogP contribution is -2.38. The predicted molar refractivity (Wildman–Crippen MR) is 86.5 cm³/mol. The van der Waals surface area contributed by atoms with Crippen LogP contribution in [-0.4, -0.2) is 18.4 Å². The molecule has 2 fully saturated rings. The van der Waals surface area contributed by atoms with Gasteiger partial charge in [0.25, 0.3) is 0 Å². The molecule has 0 heterocycles. The maximum atomic E-state index is 12.2. The van der Waals surface area contributed by atoms with Gasteiger partial charge in [-0.05, 0) is 62.1 Å². The summed E-state index contributed by atoms with van der Waals surface area (Å²) in [5.41, 5.74) is 3.03. The molecule has 3 atom stereocenters. The molecule has 2 saturated carbocycles. The summed E-state index contributed by atoms with van der Waals surface area (Å²) >= 11 is 0. The number of carbonyl (C=O) groups excluding carboxylic acids is 2. The van der Waals surface area contributed by atoms with Crippen molar-refractivity contribution in [2.75, 3.05) is 11.9 Å². The Morgan fingerprint density at radius 3 is 2.68 bits per heavy atom. The summed E-state index contributed by atoms with van der Waals surface area (Å²) in [6.07, 6.45) is 4.67. The summed E-state index contributed by atoms with van der Waals surface area (Å²) in [7, 11) is 0. The summed E-state index contributed by atoms with van der Waals surface area (Å²) in [5, 5.41) is 5.69. The Kier molecular flexibility index (Phi) is 4.19. The van der Waals surface area contributed by atoms with E-state index in [9.17, 15) is 9.59 Å². The van der Waals surface area contributed by atoms with Gasteiger partial charge in [0.2, 0.25) is 11.8 Å². The van der Waals surface area contributed by atoms with Crippen molar-refractivity contribution in [2.45, 2.75) is 39.5 Å². The Morgan fingerprint density at radius 1 is 1.18 bits per heavy atom. The number of hydrogen-bond donors (Lipinski definition) is 2. The van der Waals surface area contributed by atoms with Crippen molar-refractivity contribution in [1.29, 1.82) is 0 Å². The Bertz CT molecular complexity index is 597. The summed E-state index contributed by atoms with van der Waals surface area (Å²) in [6.45, 7) is 4.06. The monoisotopic (exact) mass is 300 g/mol. The number of carbonyl (C=O) groups is 2. The standard InChI is InChI=1S/C18H24N2O2/c1-11-4-3-5-16(12(11)2)20-17(21)10-19-18(22)15-9-13-6-7-14(15)8-13/h3-5,13-15H,6-10H2,1-2H3,(H,19,22)(H,20,21)/t13-,14-,15+/m0/s1. The fraction of sp³-hybridized carbons (Fsp3) is 0.556. The summed E-state index contributed by atoms with van der Waals surface area (Å²) in [5.74, 6) is 1.32. The molecule has 4 heteroatoms. The van der Waals surface area contributed by atoms with E-state index in [0.29, 0.717) is 5.92 Å². The molecular weight excluding hydrogens is 276 g/mol. The van der Waals surface area contributed by atoms with Crippen LogP contribution in [0.3, 0.4) is 0 Å². The molecule has 2 N–H and O–H groups in total. The molecule has 22 heavy (non-hydrogen) atoms. The first-order valence-electron chi connectivity index (χ1n) is 8.18. The first-order chi connectivity index (χ1) is 10.5. The first-order valence-corrected chi connectivity index (χ1v) is 8.18. The van der Waals surface area contributed by atoms with Gasteiger partial charge in [0.15, 0.2) is 0 Å². The highest BCUT2D eigenvalue weighted by atomic mass is 16.2. The van der Waals surface area contributed by atoms with Crippen LogP contribution in [0.25, 0.3) is 0 Å². The molecule has 0 unspecified atom stereocenters. The molecule has 1 aromatic rings. The third-order valence-electron chi connectivity index (χ3n) is 5.38. The number of amides is 2. The molecule has 2 aliphatic rings. The van der Waals surface area contributed by atoms with Crippen LogP contribution < -0.4 is 10.6 Å². The average molecular weight is 300 g/mol. The van der Waals surface area contributed by atoms with E-state index >= 15 is 0 Å². The zero-order valence-electron chi connectivity index (χ0n) is 13.3. The summed E-state index contributed by atoms with van der Waals surface area (Å²) < 4.78 is 0. The van der Waals surface area contributed by atoms with E-state index in [0.717, 1.165) is 29.2 Å². The Hall–Kier alpha value is -1.84. The number of nitrogens with one attached hydrogen (secondary N) is 2. The van der Waals surface area contributed by atoms with Gasteiger partial charge in [-0.15, -0.1) is 0 Å². The normalized spacial score (nSPS) is 26.0. The molecule has 0 aromatic heterocycles. The Morgan fingerprint density at radius 2 is 2.00 bits per heavy atom. The van der Waals surface area contributed by atoms with Gasteiger partial charge in [0.1, 0.15) is 0 Å². The van der Waals surface area contributed by atoms with Crippen LogP contribution in [0.15, 0.2) is 18.2 Å². The molecule has 0 radical (unpaired) electrons. The van der Waals surface area contributed by atoms with Crippen molar-refractivity contribution in [2.24, 2.45) is 17.8 Å². The van der Waals surface area contributed by atoms with Crippen molar-refractivity contribution in [1.82, 2.24) is 5.32 Å². The van der Waals surface area contributed by atoms with Gasteiger partial charge in [-0.3, -0.25) is 9.59 Å². The van der Waals surface area contributed by atoms with Crippen molar-refractivity contribution in [3.8, 4) is 0 Å². The van der Waals surface area contributed by atoms with Crippen LogP contribution in [0.2, 0.25) is 0 Å². The van der Waals surface area contributed by atoms with Gasteiger partial charge < -0.3 is 10.6 Å². The topological polar surface area (TPSA) is 58.2 Å². The molecule has 0 spiro atoms. The van der Waals surface area contributed by atoms with E-state index in [4.69, 9.17) is 0 Å². The van der Waals surface area contributed by atoms with Crippen LogP contribution in [0.5, 0.6) is 0 Å². The van der Waals surface area contributed by atoms with E-state index in [-0.39, 0.29) is 24.3 Å². The quantitative estimate of drug-likeness (QED) is 0.898. The molecule has 3 rings (SSSR count). The second kappa shape index (κ2) is 6.11. The predicted octanol–water partition coefficient (Wildman–Crippen LogP) is 2.79. The lowest BCUT2D eigenvalue weighted by Gasteiger charge is -2.20. The highest BCUT2D eigenvalue weighted by Crippen LogP contribution is 2.48. The van der Waals surface area contributed by atoms with Crippen LogP contribution in [0.4, 0.5) is 5.69 Å². The zero-order chi connectivity index (χ0) is 15.7. The maximum absolute atomic E-state index is 12.2. The zero-order valence-corrected chi connectivity index (χ0v) is 13.3. The number of rotatable bonds is 4. The lowest BCUT2D eigenvalue weighted by molar-refractivity contribution is -0.128. The van der Waals surface area contributed by atoms with Crippen LogP contribution in [0.1, 0.15) is 36.8 Å². The minimum atomic E-state index is -0.162. The maximum Gasteiger partial charge on any atom is 0.243 e.